The van der Waals surface area contributed by atoms with Crippen molar-refractivity contribution in [3.05, 3.63) is 58.3 Å². The molecule has 1 N–H and O–H groups in total. The van der Waals surface area contributed by atoms with Gasteiger partial charge >= 0.3 is 0 Å². The fraction of sp³-hybridized carbons (Fsp3) is 0.481. The lowest BCUT2D eigenvalue weighted by atomic mass is 9.83. The van der Waals surface area contributed by atoms with Crippen molar-refractivity contribution < 1.29 is 9.59 Å². The third-order valence-electron chi connectivity index (χ3n) is 7.83. The summed E-state index contributed by atoms with van der Waals surface area (Å²) in [5.74, 6) is 0.698. The Balaban J connectivity index is 1.06. The molecule has 11 heteroatoms. The average molecular weight is 534 g/mol. The maximum Gasteiger partial charge on any atom is 0.264 e. The van der Waals surface area contributed by atoms with E-state index >= 15 is 0 Å². The van der Waals surface area contributed by atoms with Gasteiger partial charge < -0.3 is 5.32 Å². The molecule has 3 aromatic rings. The molecule has 198 valence electrons. The second kappa shape index (κ2) is 10.4. The number of nitrogens with zero attached hydrogens (tertiary/aromatic N) is 6. The van der Waals surface area contributed by atoms with Gasteiger partial charge in [0, 0.05) is 18.7 Å². The maximum atomic E-state index is 13.2. The van der Waals surface area contributed by atoms with Gasteiger partial charge in [0.25, 0.3) is 5.56 Å². The zero-order valence-corrected chi connectivity index (χ0v) is 22.2. The summed E-state index contributed by atoms with van der Waals surface area (Å²) in [6.07, 6.45) is 7.42. The molecule has 2 amide bonds. The van der Waals surface area contributed by atoms with Crippen LogP contribution in [0, 0.1) is 12.8 Å². The van der Waals surface area contributed by atoms with Crippen LogP contribution in [0.2, 0.25) is 0 Å². The normalized spacial score (nSPS) is 22.8. The fourth-order valence-electron chi connectivity index (χ4n) is 5.70. The van der Waals surface area contributed by atoms with Crippen LogP contribution < -0.4 is 10.9 Å². The predicted octanol–water partition coefficient (Wildman–Crippen LogP) is 2.33. The first-order valence-electron chi connectivity index (χ1n) is 13.3. The molecule has 0 radical (unpaired) electrons. The van der Waals surface area contributed by atoms with Crippen molar-refractivity contribution in [3.63, 3.8) is 0 Å². The first-order chi connectivity index (χ1) is 18.5. The highest BCUT2D eigenvalue weighted by molar-refractivity contribution is 8.14. The van der Waals surface area contributed by atoms with Crippen molar-refractivity contribution in [2.75, 3.05) is 12.3 Å². The van der Waals surface area contributed by atoms with Crippen molar-refractivity contribution in [3.8, 4) is 0 Å². The van der Waals surface area contributed by atoms with Gasteiger partial charge in [0.1, 0.15) is 11.7 Å². The molecule has 1 saturated carbocycles. The number of amides is 2. The Labute approximate surface area is 224 Å². The van der Waals surface area contributed by atoms with Gasteiger partial charge in [0.15, 0.2) is 10.8 Å². The molecule has 1 aromatic carbocycles. The van der Waals surface area contributed by atoms with Gasteiger partial charge in [0.05, 0.1) is 37.3 Å². The van der Waals surface area contributed by atoms with Gasteiger partial charge in [-0.1, -0.05) is 48.9 Å². The van der Waals surface area contributed by atoms with Crippen LogP contribution in [0.1, 0.15) is 43.2 Å². The number of benzene rings is 1. The van der Waals surface area contributed by atoms with Gasteiger partial charge in [-0.3, -0.25) is 28.8 Å². The van der Waals surface area contributed by atoms with E-state index in [-0.39, 0.29) is 41.8 Å². The average Bonchev–Trinajstić information content (AvgIpc) is 3.52. The van der Waals surface area contributed by atoms with Crippen LogP contribution in [0.5, 0.6) is 0 Å². The first-order valence-corrected chi connectivity index (χ1v) is 14.2. The number of rotatable bonds is 7. The zero-order valence-electron chi connectivity index (χ0n) is 21.4. The molecule has 4 heterocycles. The van der Waals surface area contributed by atoms with Crippen LogP contribution in [-0.4, -0.2) is 65.6 Å². The van der Waals surface area contributed by atoms with Gasteiger partial charge in [0.2, 0.25) is 11.8 Å². The van der Waals surface area contributed by atoms with Crippen molar-refractivity contribution in [2.24, 2.45) is 10.9 Å². The first kappa shape index (κ1) is 24.8. The third-order valence-corrected chi connectivity index (χ3v) is 8.94. The lowest BCUT2D eigenvalue weighted by Gasteiger charge is -2.37. The Morgan fingerprint density at radius 1 is 1.18 bits per heavy atom. The lowest BCUT2D eigenvalue weighted by Crippen LogP contribution is -2.51. The number of thioether (sulfide) groups is 1. The van der Waals surface area contributed by atoms with Crippen molar-refractivity contribution in [2.45, 2.75) is 64.2 Å². The molecule has 1 saturated heterocycles. The van der Waals surface area contributed by atoms with E-state index in [4.69, 9.17) is 4.99 Å². The SMILES string of the molecule is Cc1ccccc1Cn1cnc2c(cnn2CCNC(=O)CC2CSC3=NC4CCCCC4C(=O)N32)c1=O. The number of carbonyl (C=O) groups is 2. The van der Waals surface area contributed by atoms with Crippen molar-refractivity contribution in [1.82, 2.24) is 29.5 Å². The van der Waals surface area contributed by atoms with Crippen LogP contribution >= 0.6 is 11.8 Å². The zero-order chi connectivity index (χ0) is 26.2. The van der Waals surface area contributed by atoms with E-state index < -0.39 is 0 Å². The number of hydrogen-bond acceptors (Lipinski definition) is 7. The molecule has 3 unspecified atom stereocenters. The number of fused-ring (bicyclic) bond motifs is 3. The topological polar surface area (TPSA) is 114 Å². The van der Waals surface area contributed by atoms with E-state index in [0.717, 1.165) is 42.0 Å². The minimum Gasteiger partial charge on any atom is -0.354 e. The minimum atomic E-state index is -0.159. The highest BCUT2D eigenvalue weighted by Gasteiger charge is 2.45. The predicted molar refractivity (Wildman–Crippen MR) is 146 cm³/mol. The van der Waals surface area contributed by atoms with Gasteiger partial charge in [-0.15, -0.1) is 0 Å². The molecule has 0 spiro atoms. The van der Waals surface area contributed by atoms with E-state index in [1.807, 2.05) is 31.2 Å². The molecular formula is C27H31N7O3S. The van der Waals surface area contributed by atoms with E-state index in [9.17, 15) is 14.4 Å². The largest absolute Gasteiger partial charge is 0.354 e. The molecule has 38 heavy (non-hydrogen) atoms. The second-order valence-corrected chi connectivity index (χ2v) is 11.3. The molecule has 0 bridgehead atoms. The molecule has 2 aliphatic heterocycles. The number of aromatic nitrogens is 4. The van der Waals surface area contributed by atoms with Crippen LogP contribution in [0.3, 0.4) is 0 Å². The smallest absolute Gasteiger partial charge is 0.264 e. The van der Waals surface area contributed by atoms with Crippen LogP contribution in [0.4, 0.5) is 0 Å². The fourth-order valence-corrected chi connectivity index (χ4v) is 6.90. The van der Waals surface area contributed by atoms with Crippen molar-refractivity contribution in [1.29, 1.82) is 0 Å². The summed E-state index contributed by atoms with van der Waals surface area (Å²) < 4.78 is 3.23. The molecule has 3 atom stereocenters. The van der Waals surface area contributed by atoms with Crippen molar-refractivity contribution >= 4 is 39.8 Å². The van der Waals surface area contributed by atoms with E-state index in [1.54, 1.807) is 32.2 Å². The number of aryl methyl sites for hydroxylation is 1. The summed E-state index contributed by atoms with van der Waals surface area (Å²) in [4.78, 5) is 50.0. The van der Waals surface area contributed by atoms with E-state index in [1.165, 1.54) is 6.20 Å². The lowest BCUT2D eigenvalue weighted by molar-refractivity contribution is -0.135. The minimum absolute atomic E-state index is 0.0290. The summed E-state index contributed by atoms with van der Waals surface area (Å²) in [5.41, 5.74) is 2.54. The summed E-state index contributed by atoms with van der Waals surface area (Å²) >= 11 is 1.58. The number of nitrogens with one attached hydrogen (secondary N) is 1. The Hall–Kier alpha value is -3.47. The number of hydrogen-bond donors (Lipinski definition) is 1. The highest BCUT2D eigenvalue weighted by Crippen LogP contribution is 2.38. The molecule has 2 aromatic heterocycles. The van der Waals surface area contributed by atoms with Crippen LogP contribution in [-0.2, 0) is 22.7 Å². The molecule has 2 fully saturated rings. The summed E-state index contributed by atoms with van der Waals surface area (Å²) in [6, 6.07) is 7.92. The quantitative estimate of drug-likeness (QED) is 0.499. The summed E-state index contributed by atoms with van der Waals surface area (Å²) in [7, 11) is 0. The Morgan fingerprint density at radius 2 is 2.03 bits per heavy atom. The number of aliphatic imine (C=N–C) groups is 1. The van der Waals surface area contributed by atoms with Gasteiger partial charge in [-0.05, 0) is 30.9 Å². The van der Waals surface area contributed by atoms with Gasteiger partial charge in [-0.25, -0.2) is 9.67 Å². The Bertz CT molecular complexity index is 1480. The van der Waals surface area contributed by atoms with E-state index in [2.05, 4.69) is 15.4 Å². The number of carbonyl (C=O) groups excluding carboxylic acids is 2. The maximum absolute atomic E-state index is 13.2. The highest BCUT2D eigenvalue weighted by atomic mass is 32.2. The number of amidine groups is 1. The van der Waals surface area contributed by atoms with E-state index in [0.29, 0.717) is 36.4 Å². The summed E-state index contributed by atoms with van der Waals surface area (Å²) in [6.45, 7) is 3.21. The monoisotopic (exact) mass is 533 g/mol. The Morgan fingerprint density at radius 3 is 2.89 bits per heavy atom. The molecule has 6 rings (SSSR count). The standard InChI is InChI=1S/C27H31N7O3S/c1-17-6-2-3-7-18(17)14-32-16-29-24-21(25(32)36)13-30-33(24)11-10-28-23(35)12-19-15-38-27-31-22-9-5-4-8-20(22)26(37)34(19)27/h2-3,6-7,13,16,19-20,22H,4-5,8-12,14-15H2,1H3,(H,28,35). The third kappa shape index (κ3) is 4.63. The van der Waals surface area contributed by atoms with Crippen LogP contribution in [0.15, 0.2) is 46.6 Å². The van der Waals surface area contributed by atoms with Crippen LogP contribution in [0.25, 0.3) is 11.0 Å². The summed E-state index contributed by atoms with van der Waals surface area (Å²) in [5, 5.41) is 8.53. The molecule has 3 aliphatic rings. The molecular weight excluding hydrogens is 502 g/mol. The molecule has 1 aliphatic carbocycles. The Kier molecular flexibility index (Phi) is 6.77. The van der Waals surface area contributed by atoms with Gasteiger partial charge in [-0.2, -0.15) is 5.10 Å². The second-order valence-electron chi connectivity index (χ2n) is 10.3. The molecule has 10 nitrogen and oxygen atoms in total.